The summed E-state index contributed by atoms with van der Waals surface area (Å²) < 4.78 is 5.84. The lowest BCUT2D eigenvalue weighted by atomic mass is 9.84. The van der Waals surface area contributed by atoms with E-state index in [1.165, 1.54) is 12.8 Å². The van der Waals surface area contributed by atoms with E-state index in [9.17, 15) is 0 Å². The second-order valence-corrected chi connectivity index (χ2v) is 4.31. The van der Waals surface area contributed by atoms with Crippen molar-refractivity contribution in [3.8, 4) is 0 Å². The third-order valence-electron chi connectivity index (χ3n) is 2.88. The lowest BCUT2D eigenvalue weighted by Crippen LogP contribution is -2.63. The van der Waals surface area contributed by atoms with Gasteiger partial charge in [-0.3, -0.25) is 0 Å². The maximum Gasteiger partial charge on any atom is 0.0934 e. The van der Waals surface area contributed by atoms with E-state index in [0.717, 1.165) is 25.6 Å². The summed E-state index contributed by atoms with van der Waals surface area (Å²) in [5, 5.41) is 0. The highest BCUT2D eigenvalue weighted by molar-refractivity contribution is 4.97. The molecule has 0 amide bonds. The van der Waals surface area contributed by atoms with E-state index in [1.807, 2.05) is 0 Å². The van der Waals surface area contributed by atoms with Crippen LogP contribution in [0.25, 0.3) is 0 Å². The van der Waals surface area contributed by atoms with Crippen molar-refractivity contribution in [2.75, 3.05) is 26.7 Å². The lowest BCUT2D eigenvalue weighted by molar-refractivity contribution is -0.170. The van der Waals surface area contributed by atoms with Gasteiger partial charge < -0.3 is 9.64 Å². The average molecular weight is 155 g/mol. The molecule has 0 unspecified atom stereocenters. The van der Waals surface area contributed by atoms with E-state index in [-0.39, 0.29) is 5.60 Å². The molecule has 0 radical (unpaired) electrons. The fraction of sp³-hybridized carbons (Fsp3) is 1.00. The van der Waals surface area contributed by atoms with Crippen molar-refractivity contribution in [2.45, 2.75) is 25.4 Å². The molecule has 64 valence electrons. The number of likely N-dealkylation sites (tertiary alicyclic amines) is 1. The van der Waals surface area contributed by atoms with E-state index < -0.39 is 0 Å². The Bertz CT molecular complexity index is 142. The van der Waals surface area contributed by atoms with Gasteiger partial charge in [0, 0.05) is 13.1 Å². The Hall–Kier alpha value is -0.0800. The molecule has 0 aliphatic carbocycles. The molecule has 2 fully saturated rings. The Kier molecular flexibility index (Phi) is 1.69. The number of rotatable bonds is 0. The number of nitrogens with zero attached hydrogens (tertiary/aromatic N) is 1. The van der Waals surface area contributed by atoms with Gasteiger partial charge in [-0.05, 0) is 25.8 Å². The predicted octanol–water partition coefficient (Wildman–Crippen LogP) is 1.12. The van der Waals surface area contributed by atoms with Crippen LogP contribution in [0.1, 0.15) is 19.8 Å². The van der Waals surface area contributed by atoms with Crippen LogP contribution in [0.3, 0.4) is 0 Å². The Labute approximate surface area is 68.5 Å². The van der Waals surface area contributed by atoms with Crippen molar-refractivity contribution in [1.82, 2.24) is 4.90 Å². The smallest absolute Gasteiger partial charge is 0.0934 e. The van der Waals surface area contributed by atoms with Gasteiger partial charge in [0.05, 0.1) is 12.2 Å². The van der Waals surface area contributed by atoms with E-state index in [0.29, 0.717) is 0 Å². The van der Waals surface area contributed by atoms with Crippen molar-refractivity contribution in [3.63, 3.8) is 0 Å². The molecule has 11 heavy (non-hydrogen) atoms. The largest absolute Gasteiger partial charge is 0.372 e. The third-order valence-corrected chi connectivity index (χ3v) is 2.88. The molecule has 2 heterocycles. The first-order valence-corrected chi connectivity index (χ1v) is 4.53. The first kappa shape index (κ1) is 7.56. The zero-order valence-corrected chi connectivity index (χ0v) is 7.47. The Balaban J connectivity index is 1.88. The van der Waals surface area contributed by atoms with Crippen LogP contribution in [-0.4, -0.2) is 37.2 Å². The van der Waals surface area contributed by atoms with Crippen LogP contribution >= 0.6 is 0 Å². The molecule has 2 aliphatic heterocycles. The second kappa shape index (κ2) is 2.46. The molecular weight excluding hydrogens is 138 g/mol. The minimum atomic E-state index is 0.279. The van der Waals surface area contributed by atoms with Crippen molar-refractivity contribution in [1.29, 1.82) is 0 Å². The summed E-state index contributed by atoms with van der Waals surface area (Å²) in [5.74, 6) is 0.784. The first-order valence-electron chi connectivity index (χ1n) is 4.53. The highest BCUT2D eigenvalue weighted by atomic mass is 16.5. The van der Waals surface area contributed by atoms with Gasteiger partial charge in [0.15, 0.2) is 0 Å². The maximum atomic E-state index is 5.84. The molecule has 0 bridgehead atoms. The molecule has 2 saturated heterocycles. The van der Waals surface area contributed by atoms with Crippen LogP contribution in [-0.2, 0) is 4.74 Å². The van der Waals surface area contributed by atoms with E-state index >= 15 is 0 Å². The van der Waals surface area contributed by atoms with Gasteiger partial charge in [0.2, 0.25) is 0 Å². The minimum Gasteiger partial charge on any atom is -0.372 e. The quantitative estimate of drug-likeness (QED) is 0.519. The van der Waals surface area contributed by atoms with Crippen LogP contribution in [0.15, 0.2) is 0 Å². The second-order valence-electron chi connectivity index (χ2n) is 4.31. The molecule has 0 aromatic heterocycles. The molecular formula is C9H17NO. The highest BCUT2D eigenvalue weighted by Crippen LogP contribution is 2.34. The molecule has 2 rings (SSSR count). The van der Waals surface area contributed by atoms with Gasteiger partial charge in [-0.1, -0.05) is 6.92 Å². The van der Waals surface area contributed by atoms with E-state index in [2.05, 4.69) is 18.9 Å². The molecule has 2 nitrogen and oxygen atoms in total. The van der Waals surface area contributed by atoms with Gasteiger partial charge in [-0.15, -0.1) is 0 Å². The molecule has 0 saturated carbocycles. The van der Waals surface area contributed by atoms with Gasteiger partial charge in [0.1, 0.15) is 0 Å². The summed E-state index contributed by atoms with van der Waals surface area (Å²) in [4.78, 5) is 2.33. The fourth-order valence-electron chi connectivity index (χ4n) is 2.17. The molecule has 0 N–H and O–H groups in total. The fourth-order valence-corrected chi connectivity index (χ4v) is 2.17. The van der Waals surface area contributed by atoms with Crippen molar-refractivity contribution < 1.29 is 4.74 Å². The molecule has 1 spiro atoms. The van der Waals surface area contributed by atoms with Gasteiger partial charge in [0.25, 0.3) is 0 Å². The summed E-state index contributed by atoms with van der Waals surface area (Å²) in [6.07, 6.45) is 2.63. The van der Waals surface area contributed by atoms with Crippen molar-refractivity contribution in [3.05, 3.63) is 0 Å². The van der Waals surface area contributed by atoms with Crippen molar-refractivity contribution >= 4 is 0 Å². The summed E-state index contributed by atoms with van der Waals surface area (Å²) in [6, 6.07) is 0. The minimum absolute atomic E-state index is 0.279. The van der Waals surface area contributed by atoms with Crippen LogP contribution in [0.5, 0.6) is 0 Å². The van der Waals surface area contributed by atoms with Crippen molar-refractivity contribution in [2.24, 2.45) is 5.92 Å². The molecule has 2 heteroatoms. The summed E-state index contributed by atoms with van der Waals surface area (Å²) in [7, 11) is 2.16. The van der Waals surface area contributed by atoms with Gasteiger partial charge in [-0.25, -0.2) is 0 Å². The van der Waals surface area contributed by atoms with E-state index in [4.69, 9.17) is 4.74 Å². The average Bonchev–Trinajstić information content (AvgIpc) is 1.92. The standard InChI is InChI=1S/C9H17NO/c1-8-3-4-9(11-5-8)6-10(2)7-9/h8H,3-7H2,1-2H3/t8-/m0/s1. The third kappa shape index (κ3) is 1.30. The summed E-state index contributed by atoms with van der Waals surface area (Å²) in [6.45, 7) is 5.56. The monoisotopic (exact) mass is 155 g/mol. The number of hydrogen-bond donors (Lipinski definition) is 0. The highest BCUT2D eigenvalue weighted by Gasteiger charge is 2.44. The van der Waals surface area contributed by atoms with Crippen LogP contribution in [0.2, 0.25) is 0 Å². The van der Waals surface area contributed by atoms with Crippen LogP contribution < -0.4 is 0 Å². The Morgan fingerprint density at radius 1 is 1.45 bits per heavy atom. The molecule has 2 aliphatic rings. The number of likely N-dealkylation sites (N-methyl/N-ethyl adjacent to an activating group) is 1. The van der Waals surface area contributed by atoms with E-state index in [1.54, 1.807) is 0 Å². The normalized spacial score (nSPS) is 37.1. The predicted molar refractivity (Wildman–Crippen MR) is 44.6 cm³/mol. The van der Waals surface area contributed by atoms with Crippen LogP contribution in [0, 0.1) is 5.92 Å². The molecule has 1 atom stereocenters. The SMILES string of the molecule is C[C@H]1CCC2(CN(C)C2)OC1. The van der Waals surface area contributed by atoms with Crippen LogP contribution in [0.4, 0.5) is 0 Å². The van der Waals surface area contributed by atoms with Gasteiger partial charge in [-0.2, -0.15) is 0 Å². The Morgan fingerprint density at radius 2 is 2.18 bits per heavy atom. The first-order chi connectivity index (χ1) is 5.20. The topological polar surface area (TPSA) is 12.5 Å². The zero-order valence-electron chi connectivity index (χ0n) is 7.47. The zero-order chi connectivity index (χ0) is 7.90. The lowest BCUT2D eigenvalue weighted by Gasteiger charge is -2.51. The number of hydrogen-bond acceptors (Lipinski definition) is 2. The Morgan fingerprint density at radius 3 is 2.64 bits per heavy atom. The summed E-state index contributed by atoms with van der Waals surface area (Å²) in [5.41, 5.74) is 0.279. The number of ether oxygens (including phenoxy) is 1. The van der Waals surface area contributed by atoms with Gasteiger partial charge >= 0.3 is 0 Å². The molecule has 0 aromatic rings. The molecule has 0 aromatic carbocycles. The summed E-state index contributed by atoms with van der Waals surface area (Å²) >= 11 is 0. The maximum absolute atomic E-state index is 5.84.